The molecule has 1 saturated carbocycles. The van der Waals surface area contributed by atoms with Crippen molar-refractivity contribution >= 4 is 0 Å². The number of methoxy groups -OCH3 is 1. The fourth-order valence-electron chi connectivity index (χ4n) is 6.18. The third-order valence-corrected chi connectivity index (χ3v) is 7.03. The van der Waals surface area contributed by atoms with Gasteiger partial charge in [-0.25, -0.2) is 0 Å². The number of nitrogens with zero attached hydrogens (tertiary/aromatic N) is 1. The van der Waals surface area contributed by atoms with E-state index in [1.54, 1.807) is 7.11 Å². The first-order valence-electron chi connectivity index (χ1n) is 8.50. The van der Waals surface area contributed by atoms with Crippen LogP contribution in [0.1, 0.15) is 30.4 Å². The van der Waals surface area contributed by atoms with E-state index in [1.165, 1.54) is 5.56 Å². The summed E-state index contributed by atoms with van der Waals surface area (Å²) in [5.74, 6) is 1.53. The van der Waals surface area contributed by atoms with Gasteiger partial charge in [-0.05, 0) is 44.5 Å². The Morgan fingerprint density at radius 1 is 1.30 bits per heavy atom. The summed E-state index contributed by atoms with van der Waals surface area (Å²) in [7, 11) is 3.76. The molecular weight excluding hydrogens is 294 g/mol. The third kappa shape index (κ3) is 1.30. The Hall–Kier alpha value is -1.30. The highest BCUT2D eigenvalue weighted by Gasteiger charge is 2.74. The van der Waals surface area contributed by atoms with Crippen LogP contribution >= 0.6 is 0 Å². The first-order valence-corrected chi connectivity index (χ1v) is 8.50. The zero-order valence-electron chi connectivity index (χ0n) is 13.6. The van der Waals surface area contributed by atoms with Crippen LogP contribution in [0, 0.1) is 0 Å². The Morgan fingerprint density at radius 2 is 2.13 bits per heavy atom. The summed E-state index contributed by atoms with van der Waals surface area (Å²) in [5, 5.41) is 21.8. The average molecular weight is 317 g/mol. The van der Waals surface area contributed by atoms with Gasteiger partial charge in [0.25, 0.3) is 0 Å². The molecule has 1 spiro atoms. The van der Waals surface area contributed by atoms with Crippen molar-refractivity contribution in [1.29, 1.82) is 0 Å². The van der Waals surface area contributed by atoms with Crippen LogP contribution in [0.4, 0.5) is 0 Å². The van der Waals surface area contributed by atoms with Crippen molar-refractivity contribution in [3.8, 4) is 11.5 Å². The Labute approximate surface area is 135 Å². The quantitative estimate of drug-likeness (QED) is 0.804. The summed E-state index contributed by atoms with van der Waals surface area (Å²) in [6.07, 6.45) is 1.81. The summed E-state index contributed by atoms with van der Waals surface area (Å²) in [6.45, 7) is 0.916. The summed E-state index contributed by atoms with van der Waals surface area (Å²) in [4.78, 5) is 2.32. The molecule has 0 radical (unpaired) electrons. The second-order valence-electron chi connectivity index (χ2n) is 7.56. The molecule has 5 rings (SSSR count). The van der Waals surface area contributed by atoms with E-state index >= 15 is 0 Å². The first kappa shape index (κ1) is 14.1. The van der Waals surface area contributed by atoms with Gasteiger partial charge < -0.3 is 19.7 Å². The highest BCUT2D eigenvalue weighted by molar-refractivity contribution is 5.63. The van der Waals surface area contributed by atoms with Crippen molar-refractivity contribution in [2.75, 3.05) is 20.7 Å². The molecule has 0 aromatic heterocycles. The summed E-state index contributed by atoms with van der Waals surface area (Å²) in [6, 6.07) is 3.98. The molecular formula is C18H23NO4. The maximum absolute atomic E-state index is 11.1. The van der Waals surface area contributed by atoms with Gasteiger partial charge in [-0.2, -0.15) is 0 Å². The molecule has 0 amide bonds. The number of aliphatic hydroxyl groups excluding tert-OH is 2. The number of likely N-dealkylation sites (tertiary alicyclic amines) is 1. The van der Waals surface area contributed by atoms with Gasteiger partial charge in [-0.15, -0.1) is 0 Å². The number of rotatable bonds is 1. The zero-order chi connectivity index (χ0) is 16.0. The number of hydrogen-bond acceptors (Lipinski definition) is 5. The molecule has 2 aliphatic carbocycles. The Balaban J connectivity index is 1.86. The molecule has 1 aromatic rings. The lowest BCUT2D eigenvalue weighted by molar-refractivity contribution is -0.128. The summed E-state index contributed by atoms with van der Waals surface area (Å²) in [5.41, 5.74) is 1.68. The van der Waals surface area contributed by atoms with E-state index in [9.17, 15) is 10.2 Å². The second kappa shape index (κ2) is 4.21. The highest BCUT2D eigenvalue weighted by Crippen LogP contribution is 2.67. The highest BCUT2D eigenvalue weighted by atomic mass is 16.5. The molecule has 2 aliphatic heterocycles. The monoisotopic (exact) mass is 317 g/mol. The fourth-order valence-corrected chi connectivity index (χ4v) is 6.18. The largest absolute Gasteiger partial charge is 0.493 e. The predicted octanol–water partition coefficient (Wildman–Crippen LogP) is 0.840. The molecule has 5 nitrogen and oxygen atoms in total. The van der Waals surface area contributed by atoms with Crippen molar-refractivity contribution < 1.29 is 19.7 Å². The Morgan fingerprint density at radius 3 is 2.91 bits per heavy atom. The van der Waals surface area contributed by atoms with E-state index in [4.69, 9.17) is 9.47 Å². The third-order valence-electron chi connectivity index (χ3n) is 7.03. The predicted molar refractivity (Wildman–Crippen MR) is 84.0 cm³/mol. The number of ether oxygens (including phenoxy) is 2. The van der Waals surface area contributed by atoms with E-state index in [1.807, 2.05) is 6.07 Å². The SMILES string of the molecule is COc1ccc2c3c1O[C@H]1[C@@H](O)CC[C@]4([C@@H](O)C2)N(C)CC[C@]314. The summed E-state index contributed by atoms with van der Waals surface area (Å²) >= 11 is 0. The smallest absolute Gasteiger partial charge is 0.166 e. The minimum Gasteiger partial charge on any atom is -0.493 e. The van der Waals surface area contributed by atoms with Gasteiger partial charge in [0, 0.05) is 12.0 Å². The van der Waals surface area contributed by atoms with Gasteiger partial charge >= 0.3 is 0 Å². The molecule has 1 saturated heterocycles. The molecule has 2 fully saturated rings. The molecule has 2 heterocycles. The van der Waals surface area contributed by atoms with Crippen LogP contribution in [0.5, 0.6) is 11.5 Å². The van der Waals surface area contributed by atoms with Crippen LogP contribution in [0.15, 0.2) is 12.1 Å². The molecule has 5 atom stereocenters. The lowest BCUT2D eigenvalue weighted by Gasteiger charge is -2.58. The number of benzene rings is 1. The Bertz CT molecular complexity index is 692. The second-order valence-corrected chi connectivity index (χ2v) is 7.56. The number of aliphatic hydroxyl groups is 2. The van der Waals surface area contributed by atoms with Crippen LogP contribution in [-0.4, -0.2) is 59.7 Å². The first-order chi connectivity index (χ1) is 11.1. The molecule has 1 aromatic carbocycles. The lowest BCUT2D eigenvalue weighted by Crippen LogP contribution is -2.72. The molecule has 2 N–H and O–H groups in total. The summed E-state index contributed by atoms with van der Waals surface area (Å²) < 4.78 is 11.8. The number of hydrogen-bond donors (Lipinski definition) is 2. The van der Waals surface area contributed by atoms with E-state index in [0.29, 0.717) is 12.8 Å². The van der Waals surface area contributed by atoms with Crippen molar-refractivity contribution in [2.24, 2.45) is 0 Å². The van der Waals surface area contributed by atoms with Gasteiger partial charge in [0.2, 0.25) is 0 Å². The van der Waals surface area contributed by atoms with Crippen molar-refractivity contribution in [3.63, 3.8) is 0 Å². The minimum atomic E-state index is -0.495. The van der Waals surface area contributed by atoms with Gasteiger partial charge in [-0.1, -0.05) is 6.07 Å². The lowest BCUT2D eigenvalue weighted by atomic mass is 9.51. The van der Waals surface area contributed by atoms with E-state index < -0.39 is 12.2 Å². The Kier molecular flexibility index (Phi) is 2.57. The van der Waals surface area contributed by atoms with Gasteiger partial charge in [0.1, 0.15) is 6.10 Å². The fraction of sp³-hybridized carbons (Fsp3) is 0.667. The molecule has 23 heavy (non-hydrogen) atoms. The maximum Gasteiger partial charge on any atom is 0.166 e. The molecule has 124 valence electrons. The van der Waals surface area contributed by atoms with Crippen molar-refractivity contribution in [1.82, 2.24) is 4.90 Å². The normalized spacial score (nSPS) is 43.7. The zero-order valence-corrected chi connectivity index (χ0v) is 13.6. The molecule has 0 bridgehead atoms. The average Bonchev–Trinajstić information content (AvgIpc) is 3.06. The van der Waals surface area contributed by atoms with Gasteiger partial charge in [0.15, 0.2) is 11.5 Å². The van der Waals surface area contributed by atoms with Crippen LogP contribution in [0.2, 0.25) is 0 Å². The molecule has 5 heteroatoms. The van der Waals surface area contributed by atoms with Gasteiger partial charge in [-0.3, -0.25) is 4.90 Å². The standard InChI is InChI=1S/C18H23NO4/c1-19-8-7-17-14-10-3-4-12(22-2)15(14)23-16(17)11(20)5-6-18(17,19)13(21)9-10/h3-4,11,13,16,20-21H,5-9H2,1-2H3/t11-,13-,16-,17-,18+/m0/s1. The van der Waals surface area contributed by atoms with Crippen molar-refractivity contribution in [2.45, 2.75) is 54.9 Å². The number of likely N-dealkylation sites (N-methyl/N-ethyl adjacent to an activating group) is 1. The van der Waals surface area contributed by atoms with Crippen LogP contribution in [0.25, 0.3) is 0 Å². The molecule has 0 unspecified atom stereocenters. The van der Waals surface area contributed by atoms with E-state index in [-0.39, 0.29) is 17.1 Å². The van der Waals surface area contributed by atoms with Gasteiger partial charge in [0.05, 0.1) is 30.3 Å². The maximum atomic E-state index is 11.1. The minimum absolute atomic E-state index is 0.291. The van der Waals surface area contributed by atoms with Crippen molar-refractivity contribution in [3.05, 3.63) is 23.3 Å². The molecule has 4 aliphatic rings. The topological polar surface area (TPSA) is 62.2 Å². The van der Waals surface area contributed by atoms with Crippen LogP contribution in [-0.2, 0) is 11.8 Å². The van der Waals surface area contributed by atoms with E-state index in [0.717, 1.165) is 36.4 Å². The van der Waals surface area contributed by atoms with Crippen LogP contribution < -0.4 is 9.47 Å². The van der Waals surface area contributed by atoms with Crippen LogP contribution in [0.3, 0.4) is 0 Å². The van der Waals surface area contributed by atoms with E-state index in [2.05, 4.69) is 18.0 Å².